The Labute approximate surface area is 148 Å². The molecular weight excluding hydrogens is 321 g/mol. The summed E-state index contributed by atoms with van der Waals surface area (Å²) in [6.07, 6.45) is 0. The Morgan fingerprint density at radius 3 is 2.76 bits per heavy atom. The van der Waals surface area contributed by atoms with Gasteiger partial charge in [0.1, 0.15) is 17.3 Å². The summed E-state index contributed by atoms with van der Waals surface area (Å²) in [6, 6.07) is 8.85. The van der Waals surface area contributed by atoms with E-state index in [2.05, 4.69) is 15.6 Å². The molecule has 6 heteroatoms. The first-order valence-corrected chi connectivity index (χ1v) is 8.41. The quantitative estimate of drug-likeness (QED) is 0.592. The lowest BCUT2D eigenvalue weighted by atomic mass is 10.1. The van der Waals surface area contributed by atoms with E-state index in [0.29, 0.717) is 18.1 Å². The van der Waals surface area contributed by atoms with Crippen LogP contribution >= 0.6 is 0 Å². The molecule has 5 nitrogen and oxygen atoms in total. The maximum atomic E-state index is 13.7. The molecule has 1 atom stereocenters. The van der Waals surface area contributed by atoms with Gasteiger partial charge in [0.2, 0.25) is 0 Å². The second-order valence-electron chi connectivity index (χ2n) is 5.87. The maximum absolute atomic E-state index is 13.7. The molecule has 1 aromatic carbocycles. The van der Waals surface area contributed by atoms with E-state index in [1.165, 1.54) is 6.07 Å². The Morgan fingerprint density at radius 2 is 2.12 bits per heavy atom. The molecule has 1 aromatic heterocycles. The van der Waals surface area contributed by atoms with Crippen LogP contribution in [0.1, 0.15) is 42.5 Å². The zero-order valence-electron chi connectivity index (χ0n) is 15.2. The second kappa shape index (κ2) is 9.22. The minimum atomic E-state index is -0.263. The zero-order chi connectivity index (χ0) is 18.2. The fourth-order valence-electron chi connectivity index (χ4n) is 2.45. The van der Waals surface area contributed by atoms with Crippen LogP contribution in [0.5, 0.6) is 0 Å². The fraction of sp³-hybridized carbons (Fsp3) is 0.421. The Balaban J connectivity index is 2.07. The van der Waals surface area contributed by atoms with Crippen LogP contribution in [-0.2, 0) is 17.9 Å². The van der Waals surface area contributed by atoms with Crippen molar-refractivity contribution in [3.8, 4) is 0 Å². The summed E-state index contributed by atoms with van der Waals surface area (Å²) < 4.78 is 24.3. The molecule has 2 rings (SSSR count). The van der Waals surface area contributed by atoms with Gasteiger partial charge in [0.25, 0.3) is 0 Å². The van der Waals surface area contributed by atoms with E-state index in [0.717, 1.165) is 23.6 Å². The predicted molar refractivity (Wildman–Crippen MR) is 96.9 cm³/mol. The highest BCUT2D eigenvalue weighted by molar-refractivity contribution is 5.80. The van der Waals surface area contributed by atoms with E-state index in [-0.39, 0.29) is 18.5 Å². The van der Waals surface area contributed by atoms with E-state index < -0.39 is 0 Å². The first kappa shape index (κ1) is 19.0. The van der Waals surface area contributed by atoms with Gasteiger partial charge >= 0.3 is 0 Å². The van der Waals surface area contributed by atoms with Crippen LogP contribution in [0.3, 0.4) is 0 Å². The zero-order valence-corrected chi connectivity index (χ0v) is 15.2. The van der Waals surface area contributed by atoms with Crippen molar-refractivity contribution in [2.24, 2.45) is 4.99 Å². The lowest BCUT2D eigenvalue weighted by Gasteiger charge is -2.16. The van der Waals surface area contributed by atoms with Gasteiger partial charge < -0.3 is 19.8 Å². The monoisotopic (exact) mass is 347 g/mol. The molecular formula is C19H26FN3O2. The van der Waals surface area contributed by atoms with Gasteiger partial charge in [0.05, 0.1) is 19.2 Å². The highest BCUT2D eigenvalue weighted by atomic mass is 19.1. The van der Waals surface area contributed by atoms with Crippen LogP contribution in [0, 0.1) is 12.7 Å². The summed E-state index contributed by atoms with van der Waals surface area (Å²) in [5.41, 5.74) is 1.46. The third-order valence-corrected chi connectivity index (χ3v) is 3.72. The average molecular weight is 347 g/mol. The number of nitrogens with one attached hydrogen (secondary N) is 2. The summed E-state index contributed by atoms with van der Waals surface area (Å²) in [5.74, 6) is 2.15. The normalized spacial score (nSPS) is 12.9. The molecule has 136 valence electrons. The summed E-state index contributed by atoms with van der Waals surface area (Å²) in [7, 11) is 1.55. The Kier molecular flexibility index (Phi) is 7.01. The summed E-state index contributed by atoms with van der Waals surface area (Å²) in [4.78, 5) is 4.58. The predicted octanol–water partition coefficient (Wildman–Crippen LogP) is 3.69. The third kappa shape index (κ3) is 5.60. The molecule has 0 saturated carbocycles. The van der Waals surface area contributed by atoms with Crippen molar-refractivity contribution in [1.82, 2.24) is 10.6 Å². The molecule has 0 amide bonds. The Bertz CT molecular complexity index is 712. The Morgan fingerprint density at radius 1 is 1.32 bits per heavy atom. The number of hydrogen-bond donors (Lipinski definition) is 2. The molecule has 0 aliphatic carbocycles. The van der Waals surface area contributed by atoms with Crippen LogP contribution in [0.25, 0.3) is 0 Å². The molecule has 0 spiro atoms. The third-order valence-electron chi connectivity index (χ3n) is 3.72. The Hall–Kier alpha value is -2.34. The molecule has 0 aliphatic heterocycles. The fourth-order valence-corrected chi connectivity index (χ4v) is 2.45. The molecule has 0 aliphatic rings. The van der Waals surface area contributed by atoms with Crippen molar-refractivity contribution in [3.63, 3.8) is 0 Å². The summed E-state index contributed by atoms with van der Waals surface area (Å²) >= 11 is 0. The molecule has 1 heterocycles. The van der Waals surface area contributed by atoms with Crippen molar-refractivity contribution < 1.29 is 13.5 Å². The first-order chi connectivity index (χ1) is 12.0. The average Bonchev–Trinajstić information content (AvgIpc) is 3.02. The van der Waals surface area contributed by atoms with E-state index in [1.807, 2.05) is 32.9 Å². The van der Waals surface area contributed by atoms with Crippen LogP contribution < -0.4 is 10.6 Å². The van der Waals surface area contributed by atoms with Crippen molar-refractivity contribution in [2.45, 2.75) is 40.0 Å². The van der Waals surface area contributed by atoms with Gasteiger partial charge in [-0.2, -0.15) is 0 Å². The number of hydrogen-bond acceptors (Lipinski definition) is 3. The summed E-state index contributed by atoms with van der Waals surface area (Å²) in [5, 5.41) is 6.53. The largest absolute Gasteiger partial charge is 0.464 e. The van der Waals surface area contributed by atoms with Gasteiger partial charge in [0, 0.05) is 19.2 Å². The van der Waals surface area contributed by atoms with Gasteiger partial charge in [-0.15, -0.1) is 0 Å². The number of methoxy groups -OCH3 is 1. The van der Waals surface area contributed by atoms with E-state index >= 15 is 0 Å². The minimum Gasteiger partial charge on any atom is -0.464 e. The molecule has 2 N–H and O–H groups in total. The molecule has 0 bridgehead atoms. The van der Waals surface area contributed by atoms with Crippen molar-refractivity contribution in [1.29, 1.82) is 0 Å². The maximum Gasteiger partial charge on any atom is 0.192 e. The minimum absolute atomic E-state index is 0.0104. The number of aliphatic imine (C=N–C) groups is 1. The van der Waals surface area contributed by atoms with E-state index in [4.69, 9.17) is 9.15 Å². The number of nitrogens with zero attached hydrogens (tertiary/aromatic N) is 1. The van der Waals surface area contributed by atoms with Gasteiger partial charge in [-0.25, -0.2) is 9.38 Å². The van der Waals surface area contributed by atoms with Crippen molar-refractivity contribution >= 4 is 5.96 Å². The van der Waals surface area contributed by atoms with Crippen molar-refractivity contribution in [2.75, 3.05) is 13.7 Å². The standard InChI is InChI=1S/C19H26FN3O2/c1-5-21-19(23-14(3)18-9-6-13(2)25-18)22-11-15-7-8-17(20)16(10-15)12-24-4/h6-10,14H,5,11-12H2,1-4H3,(H2,21,22,23). The number of rotatable bonds is 7. The number of furan rings is 1. The highest BCUT2D eigenvalue weighted by Gasteiger charge is 2.11. The van der Waals surface area contributed by atoms with Crippen molar-refractivity contribution in [3.05, 3.63) is 58.8 Å². The van der Waals surface area contributed by atoms with Crippen LogP contribution in [-0.4, -0.2) is 19.6 Å². The van der Waals surface area contributed by atoms with E-state index in [1.54, 1.807) is 19.2 Å². The van der Waals surface area contributed by atoms with Gasteiger partial charge in [0.15, 0.2) is 5.96 Å². The molecule has 0 saturated heterocycles. The molecule has 0 fully saturated rings. The molecule has 25 heavy (non-hydrogen) atoms. The molecule has 0 radical (unpaired) electrons. The smallest absolute Gasteiger partial charge is 0.192 e. The number of benzene rings is 1. The second-order valence-corrected chi connectivity index (χ2v) is 5.87. The number of aryl methyl sites for hydroxylation is 1. The molecule has 1 unspecified atom stereocenters. The molecule has 2 aromatic rings. The van der Waals surface area contributed by atoms with Crippen LogP contribution in [0.2, 0.25) is 0 Å². The number of ether oxygens (including phenoxy) is 1. The topological polar surface area (TPSA) is 58.8 Å². The van der Waals surface area contributed by atoms with Gasteiger partial charge in [-0.3, -0.25) is 0 Å². The lowest BCUT2D eigenvalue weighted by molar-refractivity contribution is 0.181. The summed E-state index contributed by atoms with van der Waals surface area (Å²) in [6.45, 7) is 7.37. The highest BCUT2D eigenvalue weighted by Crippen LogP contribution is 2.16. The number of guanidine groups is 1. The van der Waals surface area contributed by atoms with Crippen LogP contribution in [0.15, 0.2) is 39.7 Å². The SMILES string of the molecule is CCNC(=NCc1ccc(F)c(COC)c1)NC(C)c1ccc(C)o1. The van der Waals surface area contributed by atoms with Gasteiger partial charge in [-0.05, 0) is 50.6 Å². The van der Waals surface area contributed by atoms with Crippen LogP contribution in [0.4, 0.5) is 4.39 Å². The number of halogens is 1. The van der Waals surface area contributed by atoms with Gasteiger partial charge in [-0.1, -0.05) is 6.07 Å². The first-order valence-electron chi connectivity index (χ1n) is 8.41. The lowest BCUT2D eigenvalue weighted by Crippen LogP contribution is -2.38. The van der Waals surface area contributed by atoms with E-state index in [9.17, 15) is 4.39 Å².